The van der Waals surface area contributed by atoms with E-state index in [2.05, 4.69) is 20.6 Å². The Balaban J connectivity index is 1.72. The SMILES string of the molecule is COc1ccc(C)cc1NC(=O)c1cnc(Nc2ccccc2)cn1. The molecule has 1 heterocycles. The Kier molecular flexibility index (Phi) is 4.89. The van der Waals surface area contributed by atoms with Crippen molar-refractivity contribution in [2.45, 2.75) is 6.92 Å². The number of benzene rings is 2. The minimum Gasteiger partial charge on any atom is -0.495 e. The van der Waals surface area contributed by atoms with Crippen LogP contribution in [-0.4, -0.2) is 23.0 Å². The molecule has 0 saturated heterocycles. The average Bonchev–Trinajstić information content (AvgIpc) is 2.63. The molecule has 0 spiro atoms. The quantitative estimate of drug-likeness (QED) is 0.742. The molecule has 0 aliphatic rings. The standard InChI is InChI=1S/C19H18N4O2/c1-13-8-9-17(25-2)15(10-13)23-19(24)16-11-21-18(12-20-16)22-14-6-4-3-5-7-14/h3-12H,1-2H3,(H,21,22)(H,23,24). The molecule has 1 amide bonds. The molecule has 6 nitrogen and oxygen atoms in total. The zero-order valence-electron chi connectivity index (χ0n) is 14.0. The highest BCUT2D eigenvalue weighted by Gasteiger charge is 2.12. The predicted molar refractivity (Wildman–Crippen MR) is 97.4 cm³/mol. The van der Waals surface area contributed by atoms with Crippen LogP contribution in [0.1, 0.15) is 16.1 Å². The van der Waals surface area contributed by atoms with Gasteiger partial charge in [0.05, 0.1) is 25.2 Å². The predicted octanol–water partition coefficient (Wildman–Crippen LogP) is 3.79. The normalized spacial score (nSPS) is 10.2. The first-order valence-electron chi connectivity index (χ1n) is 7.76. The first-order chi connectivity index (χ1) is 12.2. The average molecular weight is 334 g/mol. The number of nitrogens with one attached hydrogen (secondary N) is 2. The van der Waals surface area contributed by atoms with Gasteiger partial charge in [-0.1, -0.05) is 24.3 Å². The van der Waals surface area contributed by atoms with Crippen LogP contribution in [0.5, 0.6) is 5.75 Å². The fraction of sp³-hybridized carbons (Fsp3) is 0.105. The lowest BCUT2D eigenvalue weighted by Gasteiger charge is -2.11. The summed E-state index contributed by atoms with van der Waals surface area (Å²) in [7, 11) is 1.56. The van der Waals surface area contributed by atoms with Crippen molar-refractivity contribution in [1.82, 2.24) is 9.97 Å². The number of nitrogens with zero attached hydrogens (tertiary/aromatic N) is 2. The molecule has 0 saturated carbocycles. The number of methoxy groups -OCH3 is 1. The molecule has 0 unspecified atom stereocenters. The van der Waals surface area contributed by atoms with Crippen LogP contribution >= 0.6 is 0 Å². The molecule has 0 atom stereocenters. The van der Waals surface area contributed by atoms with Gasteiger partial charge in [0.15, 0.2) is 0 Å². The first kappa shape index (κ1) is 16.4. The maximum atomic E-state index is 12.4. The van der Waals surface area contributed by atoms with Gasteiger partial charge in [-0.15, -0.1) is 0 Å². The number of para-hydroxylation sites is 1. The molecule has 0 aliphatic heterocycles. The highest BCUT2D eigenvalue weighted by Crippen LogP contribution is 2.25. The molecular weight excluding hydrogens is 316 g/mol. The fourth-order valence-corrected chi connectivity index (χ4v) is 2.29. The van der Waals surface area contributed by atoms with Crippen molar-refractivity contribution in [3.05, 3.63) is 72.2 Å². The highest BCUT2D eigenvalue weighted by atomic mass is 16.5. The molecule has 0 radical (unpaired) electrons. The number of aromatic nitrogens is 2. The van der Waals surface area contributed by atoms with Crippen molar-refractivity contribution in [3.8, 4) is 5.75 Å². The highest BCUT2D eigenvalue weighted by molar-refractivity contribution is 6.03. The lowest BCUT2D eigenvalue weighted by Crippen LogP contribution is -2.15. The van der Waals surface area contributed by atoms with E-state index in [1.54, 1.807) is 7.11 Å². The van der Waals surface area contributed by atoms with Gasteiger partial charge in [0, 0.05) is 5.69 Å². The third-order valence-corrected chi connectivity index (χ3v) is 3.53. The van der Waals surface area contributed by atoms with Gasteiger partial charge in [-0.25, -0.2) is 9.97 Å². The Morgan fingerprint density at radius 3 is 2.52 bits per heavy atom. The van der Waals surface area contributed by atoms with Crippen LogP contribution in [0.25, 0.3) is 0 Å². The Hall–Kier alpha value is -3.41. The monoisotopic (exact) mass is 334 g/mol. The number of anilines is 3. The smallest absolute Gasteiger partial charge is 0.275 e. The molecule has 0 bridgehead atoms. The molecule has 0 aliphatic carbocycles. The molecule has 1 aromatic heterocycles. The minimum absolute atomic E-state index is 0.224. The van der Waals surface area contributed by atoms with E-state index in [1.807, 2.05) is 55.5 Å². The number of carbonyl (C=O) groups is 1. The number of rotatable bonds is 5. The third kappa shape index (κ3) is 4.11. The molecule has 3 rings (SSSR count). The summed E-state index contributed by atoms with van der Waals surface area (Å²) in [6.07, 6.45) is 2.96. The lowest BCUT2D eigenvalue weighted by atomic mass is 10.2. The van der Waals surface area contributed by atoms with Crippen LogP contribution in [0.3, 0.4) is 0 Å². The van der Waals surface area contributed by atoms with Crippen molar-refractivity contribution >= 4 is 23.1 Å². The second kappa shape index (κ2) is 7.44. The van der Waals surface area contributed by atoms with E-state index in [9.17, 15) is 4.79 Å². The largest absolute Gasteiger partial charge is 0.495 e. The summed E-state index contributed by atoms with van der Waals surface area (Å²) in [6.45, 7) is 1.94. The molecule has 25 heavy (non-hydrogen) atoms. The minimum atomic E-state index is -0.345. The van der Waals surface area contributed by atoms with Gasteiger partial charge in [-0.3, -0.25) is 4.79 Å². The van der Waals surface area contributed by atoms with E-state index in [0.717, 1.165) is 11.3 Å². The van der Waals surface area contributed by atoms with Gasteiger partial charge in [-0.05, 0) is 36.8 Å². The lowest BCUT2D eigenvalue weighted by molar-refractivity contribution is 0.102. The number of hydrogen-bond donors (Lipinski definition) is 2. The van der Waals surface area contributed by atoms with Crippen molar-refractivity contribution in [2.24, 2.45) is 0 Å². The Bertz CT molecular complexity index is 864. The molecule has 0 fully saturated rings. The number of carbonyl (C=O) groups excluding carboxylic acids is 1. The van der Waals surface area contributed by atoms with Gasteiger partial charge in [0.1, 0.15) is 17.3 Å². The Labute approximate surface area is 145 Å². The first-order valence-corrected chi connectivity index (χ1v) is 7.76. The van der Waals surface area contributed by atoms with E-state index in [0.29, 0.717) is 17.3 Å². The van der Waals surface area contributed by atoms with Crippen LogP contribution < -0.4 is 15.4 Å². The molecule has 126 valence electrons. The van der Waals surface area contributed by atoms with Crippen molar-refractivity contribution in [1.29, 1.82) is 0 Å². The second-order valence-electron chi connectivity index (χ2n) is 5.44. The van der Waals surface area contributed by atoms with Crippen LogP contribution in [0.2, 0.25) is 0 Å². The van der Waals surface area contributed by atoms with Crippen LogP contribution in [0, 0.1) is 6.92 Å². The number of amides is 1. The summed E-state index contributed by atoms with van der Waals surface area (Å²) in [5.74, 6) is 0.813. The summed E-state index contributed by atoms with van der Waals surface area (Å²) >= 11 is 0. The maximum Gasteiger partial charge on any atom is 0.275 e. The van der Waals surface area contributed by atoms with Crippen molar-refractivity contribution < 1.29 is 9.53 Å². The van der Waals surface area contributed by atoms with Gasteiger partial charge in [0.2, 0.25) is 0 Å². The second-order valence-corrected chi connectivity index (χ2v) is 5.44. The number of ether oxygens (including phenoxy) is 1. The number of hydrogen-bond acceptors (Lipinski definition) is 5. The van der Waals surface area contributed by atoms with E-state index < -0.39 is 0 Å². The van der Waals surface area contributed by atoms with Gasteiger partial charge in [0.25, 0.3) is 5.91 Å². The number of aryl methyl sites for hydroxylation is 1. The van der Waals surface area contributed by atoms with Gasteiger partial charge in [-0.2, -0.15) is 0 Å². The third-order valence-electron chi connectivity index (χ3n) is 3.53. The van der Waals surface area contributed by atoms with E-state index in [1.165, 1.54) is 12.4 Å². The van der Waals surface area contributed by atoms with Crippen LogP contribution in [0.4, 0.5) is 17.2 Å². The maximum absolute atomic E-state index is 12.4. The topological polar surface area (TPSA) is 76.1 Å². The summed E-state index contributed by atoms with van der Waals surface area (Å²) in [5.41, 5.74) is 2.74. The molecule has 6 heteroatoms. The zero-order valence-corrected chi connectivity index (χ0v) is 14.0. The van der Waals surface area contributed by atoms with Crippen molar-refractivity contribution in [3.63, 3.8) is 0 Å². The summed E-state index contributed by atoms with van der Waals surface area (Å²) in [6, 6.07) is 15.2. The summed E-state index contributed by atoms with van der Waals surface area (Å²) < 4.78 is 5.26. The molecule has 2 N–H and O–H groups in total. The van der Waals surface area contributed by atoms with Gasteiger partial charge >= 0.3 is 0 Å². The summed E-state index contributed by atoms with van der Waals surface area (Å²) in [5, 5.41) is 5.92. The molecular formula is C19H18N4O2. The zero-order chi connectivity index (χ0) is 17.6. The molecule has 2 aromatic carbocycles. The van der Waals surface area contributed by atoms with Crippen molar-refractivity contribution in [2.75, 3.05) is 17.7 Å². The van der Waals surface area contributed by atoms with Crippen LogP contribution in [0.15, 0.2) is 60.9 Å². The molecule has 3 aromatic rings. The van der Waals surface area contributed by atoms with E-state index >= 15 is 0 Å². The Morgan fingerprint density at radius 2 is 1.84 bits per heavy atom. The van der Waals surface area contributed by atoms with Crippen LogP contribution in [-0.2, 0) is 0 Å². The summed E-state index contributed by atoms with van der Waals surface area (Å²) in [4.78, 5) is 20.8. The fourth-order valence-electron chi connectivity index (χ4n) is 2.29. The van der Waals surface area contributed by atoms with E-state index in [-0.39, 0.29) is 11.6 Å². The Morgan fingerprint density at radius 1 is 1.04 bits per heavy atom. The van der Waals surface area contributed by atoms with E-state index in [4.69, 9.17) is 4.74 Å². The van der Waals surface area contributed by atoms with Gasteiger partial charge < -0.3 is 15.4 Å².